The van der Waals surface area contributed by atoms with Crippen molar-refractivity contribution in [2.75, 3.05) is 0 Å². The lowest BCUT2D eigenvalue weighted by Gasteiger charge is -2.11. The van der Waals surface area contributed by atoms with E-state index < -0.39 is 10.0 Å². The fraction of sp³-hybridized carbons (Fsp3) is 0.211. The number of hydrogen-bond acceptors (Lipinski definition) is 3. The number of rotatable bonds is 6. The quantitative estimate of drug-likeness (QED) is 0.738. The third-order valence-electron chi connectivity index (χ3n) is 4.02. The van der Waals surface area contributed by atoms with Crippen molar-refractivity contribution in [2.24, 2.45) is 0 Å². The summed E-state index contributed by atoms with van der Waals surface area (Å²) < 4.78 is 28.9. The molecule has 3 rings (SSSR count). The summed E-state index contributed by atoms with van der Waals surface area (Å²) in [5, 5.41) is 0.921. The van der Waals surface area contributed by atoms with Gasteiger partial charge in [0.05, 0.1) is 10.4 Å². The summed E-state index contributed by atoms with van der Waals surface area (Å²) in [5.74, 6) is 0. The topological polar surface area (TPSA) is 68.2 Å². The second-order valence-corrected chi connectivity index (χ2v) is 7.62. The van der Waals surface area contributed by atoms with Gasteiger partial charge >= 0.3 is 0 Å². The Hall–Kier alpha value is -2.44. The minimum absolute atomic E-state index is 0.0214. The second kappa shape index (κ2) is 7.21. The normalized spacial score (nSPS) is 11.7. The summed E-state index contributed by atoms with van der Waals surface area (Å²) in [6, 6.07) is 17.2. The highest BCUT2D eigenvalue weighted by atomic mass is 32.2. The zero-order valence-corrected chi connectivity index (χ0v) is 14.8. The van der Waals surface area contributed by atoms with Crippen LogP contribution in [0.1, 0.15) is 18.9 Å². The van der Waals surface area contributed by atoms with Crippen LogP contribution in [0.15, 0.2) is 70.4 Å². The van der Waals surface area contributed by atoms with Crippen LogP contribution in [-0.4, -0.2) is 13.0 Å². The zero-order valence-electron chi connectivity index (χ0n) is 14.0. The molecule has 0 saturated heterocycles. The van der Waals surface area contributed by atoms with Crippen molar-refractivity contribution >= 4 is 20.9 Å². The van der Waals surface area contributed by atoms with E-state index in [0.29, 0.717) is 6.54 Å². The first kappa shape index (κ1) is 17.4. The van der Waals surface area contributed by atoms with Gasteiger partial charge in [-0.05, 0) is 47.7 Å². The maximum atomic E-state index is 12.3. The molecule has 6 heteroatoms. The molecule has 0 spiro atoms. The van der Waals surface area contributed by atoms with Crippen LogP contribution in [0.2, 0.25) is 0 Å². The van der Waals surface area contributed by atoms with Crippen molar-refractivity contribution in [1.82, 2.24) is 9.29 Å². The lowest BCUT2D eigenvalue weighted by molar-refractivity contribution is 0.581. The smallest absolute Gasteiger partial charge is 0.251 e. The molecule has 0 radical (unpaired) electrons. The SMILES string of the molecule is CCCn1c(=O)ccc2cc(CNS(=O)(=O)c3ccccc3)ccc21. The Kier molecular flexibility index (Phi) is 5.01. The first-order chi connectivity index (χ1) is 12.0. The highest BCUT2D eigenvalue weighted by Gasteiger charge is 2.13. The van der Waals surface area contributed by atoms with Crippen LogP contribution in [0.4, 0.5) is 0 Å². The van der Waals surface area contributed by atoms with E-state index >= 15 is 0 Å². The molecule has 0 aliphatic carbocycles. The molecule has 25 heavy (non-hydrogen) atoms. The van der Waals surface area contributed by atoms with Crippen molar-refractivity contribution in [1.29, 1.82) is 0 Å². The van der Waals surface area contributed by atoms with Gasteiger partial charge in [-0.2, -0.15) is 0 Å². The number of hydrogen-bond donors (Lipinski definition) is 1. The minimum atomic E-state index is -3.54. The van der Waals surface area contributed by atoms with Gasteiger partial charge in [0.1, 0.15) is 0 Å². The van der Waals surface area contributed by atoms with Gasteiger partial charge in [-0.25, -0.2) is 13.1 Å². The van der Waals surface area contributed by atoms with Gasteiger partial charge in [0.25, 0.3) is 5.56 Å². The average molecular weight is 356 g/mol. The van der Waals surface area contributed by atoms with Gasteiger partial charge < -0.3 is 4.57 Å². The third-order valence-corrected chi connectivity index (χ3v) is 5.44. The van der Waals surface area contributed by atoms with Gasteiger partial charge in [0.2, 0.25) is 10.0 Å². The van der Waals surface area contributed by atoms with E-state index in [1.807, 2.05) is 25.1 Å². The number of nitrogens with zero attached hydrogens (tertiary/aromatic N) is 1. The number of aromatic nitrogens is 1. The van der Waals surface area contributed by atoms with Crippen molar-refractivity contribution in [2.45, 2.75) is 31.3 Å². The molecule has 1 heterocycles. The van der Waals surface area contributed by atoms with Crippen LogP contribution < -0.4 is 10.3 Å². The van der Waals surface area contributed by atoms with E-state index in [9.17, 15) is 13.2 Å². The monoisotopic (exact) mass is 356 g/mol. The summed E-state index contributed by atoms with van der Waals surface area (Å²) in [4.78, 5) is 12.2. The lowest BCUT2D eigenvalue weighted by Crippen LogP contribution is -2.23. The summed E-state index contributed by atoms with van der Waals surface area (Å²) in [6.07, 6.45) is 0.873. The Balaban J connectivity index is 1.86. The third kappa shape index (κ3) is 3.81. The molecule has 1 aromatic heterocycles. The minimum Gasteiger partial charge on any atom is -0.308 e. The number of pyridine rings is 1. The van der Waals surface area contributed by atoms with E-state index in [-0.39, 0.29) is 17.0 Å². The highest BCUT2D eigenvalue weighted by molar-refractivity contribution is 7.89. The van der Waals surface area contributed by atoms with E-state index in [1.54, 1.807) is 47.0 Å². The van der Waals surface area contributed by atoms with Crippen LogP contribution in [0.5, 0.6) is 0 Å². The van der Waals surface area contributed by atoms with Crippen molar-refractivity contribution in [3.8, 4) is 0 Å². The van der Waals surface area contributed by atoms with Crippen LogP contribution in [0.3, 0.4) is 0 Å². The Morgan fingerprint density at radius 3 is 2.48 bits per heavy atom. The zero-order chi connectivity index (χ0) is 17.9. The molecule has 0 amide bonds. The molecule has 0 atom stereocenters. The fourth-order valence-electron chi connectivity index (χ4n) is 2.78. The predicted octanol–water partition coefficient (Wildman–Crippen LogP) is 2.89. The van der Waals surface area contributed by atoms with Crippen LogP contribution >= 0.6 is 0 Å². The van der Waals surface area contributed by atoms with Crippen LogP contribution in [0, 0.1) is 0 Å². The molecule has 0 aliphatic heterocycles. The predicted molar refractivity (Wildman–Crippen MR) is 99.0 cm³/mol. The van der Waals surface area contributed by atoms with Crippen LogP contribution in [-0.2, 0) is 23.1 Å². The molecule has 0 unspecified atom stereocenters. The molecule has 3 aromatic rings. The number of fused-ring (bicyclic) bond motifs is 1. The van der Waals surface area contributed by atoms with Crippen molar-refractivity contribution in [3.63, 3.8) is 0 Å². The van der Waals surface area contributed by atoms with E-state index in [4.69, 9.17) is 0 Å². The van der Waals surface area contributed by atoms with E-state index in [0.717, 1.165) is 22.9 Å². The number of aryl methyl sites for hydroxylation is 1. The van der Waals surface area contributed by atoms with Gasteiger partial charge in [-0.3, -0.25) is 4.79 Å². The highest BCUT2D eigenvalue weighted by Crippen LogP contribution is 2.16. The number of nitrogens with one attached hydrogen (secondary N) is 1. The summed E-state index contributed by atoms with van der Waals surface area (Å²) in [6.45, 7) is 2.88. The number of benzene rings is 2. The molecule has 0 fully saturated rings. The lowest BCUT2D eigenvalue weighted by atomic mass is 10.1. The molecule has 5 nitrogen and oxygen atoms in total. The van der Waals surface area contributed by atoms with Crippen molar-refractivity contribution in [3.05, 3.63) is 76.6 Å². The second-order valence-electron chi connectivity index (χ2n) is 5.85. The van der Waals surface area contributed by atoms with Gasteiger partial charge in [0, 0.05) is 19.2 Å². The van der Waals surface area contributed by atoms with Gasteiger partial charge in [-0.15, -0.1) is 0 Å². The van der Waals surface area contributed by atoms with E-state index in [1.165, 1.54) is 0 Å². The molecule has 130 valence electrons. The van der Waals surface area contributed by atoms with Crippen molar-refractivity contribution < 1.29 is 8.42 Å². The molecule has 0 bridgehead atoms. The van der Waals surface area contributed by atoms with Gasteiger partial charge in [-0.1, -0.05) is 31.2 Å². The Bertz CT molecular complexity index is 1040. The molecule has 1 N–H and O–H groups in total. The summed E-state index contributed by atoms with van der Waals surface area (Å²) in [7, 11) is -3.54. The molecular weight excluding hydrogens is 336 g/mol. The van der Waals surface area contributed by atoms with Crippen LogP contribution in [0.25, 0.3) is 10.9 Å². The maximum Gasteiger partial charge on any atom is 0.251 e. The molecular formula is C19H20N2O3S. The first-order valence-corrected chi connectivity index (χ1v) is 9.67. The number of sulfonamides is 1. The Morgan fingerprint density at radius 2 is 1.76 bits per heavy atom. The van der Waals surface area contributed by atoms with E-state index in [2.05, 4.69) is 4.72 Å². The Labute approximate surface area is 147 Å². The average Bonchev–Trinajstić information content (AvgIpc) is 2.63. The summed E-state index contributed by atoms with van der Waals surface area (Å²) >= 11 is 0. The largest absolute Gasteiger partial charge is 0.308 e. The molecule has 2 aromatic carbocycles. The van der Waals surface area contributed by atoms with Gasteiger partial charge in [0.15, 0.2) is 0 Å². The molecule has 0 saturated carbocycles. The fourth-order valence-corrected chi connectivity index (χ4v) is 3.82. The standard InChI is InChI=1S/C19H20N2O3S/c1-2-12-21-18-10-8-15(13-16(18)9-11-19(21)22)14-20-25(23,24)17-6-4-3-5-7-17/h3-11,13,20H,2,12,14H2,1H3. The Morgan fingerprint density at radius 1 is 1.00 bits per heavy atom. The first-order valence-electron chi connectivity index (χ1n) is 8.18. The maximum absolute atomic E-state index is 12.3. The molecule has 0 aliphatic rings. The summed E-state index contributed by atoms with van der Waals surface area (Å²) in [5.41, 5.74) is 1.68.